The lowest BCUT2D eigenvalue weighted by Crippen LogP contribution is -2.10. The molecule has 0 bridgehead atoms. The van der Waals surface area contributed by atoms with Gasteiger partial charge in [0, 0.05) is 0 Å². The SMILES string of the molecule is COC(=O)Cc1nc(C(F)F)cc(Cl)c1C#N. The molecule has 0 aliphatic carbocycles. The van der Waals surface area contributed by atoms with Gasteiger partial charge in [0.1, 0.15) is 11.8 Å². The van der Waals surface area contributed by atoms with Crippen molar-refractivity contribution >= 4 is 17.6 Å². The summed E-state index contributed by atoms with van der Waals surface area (Å²) >= 11 is 5.66. The van der Waals surface area contributed by atoms with Gasteiger partial charge < -0.3 is 4.74 Å². The molecule has 0 spiro atoms. The van der Waals surface area contributed by atoms with E-state index >= 15 is 0 Å². The Morgan fingerprint density at radius 3 is 2.82 bits per heavy atom. The van der Waals surface area contributed by atoms with Gasteiger partial charge in [-0.15, -0.1) is 0 Å². The third-order valence-electron chi connectivity index (χ3n) is 1.94. The molecule has 1 aromatic rings. The molecular weight excluding hydrogens is 254 g/mol. The molecule has 1 aromatic heterocycles. The van der Waals surface area contributed by atoms with Crippen LogP contribution >= 0.6 is 11.6 Å². The molecule has 0 fully saturated rings. The van der Waals surface area contributed by atoms with Gasteiger partial charge in [-0.3, -0.25) is 4.79 Å². The molecule has 0 saturated heterocycles. The minimum Gasteiger partial charge on any atom is -0.469 e. The second-order valence-corrected chi connectivity index (χ2v) is 3.42. The second kappa shape index (κ2) is 5.55. The third-order valence-corrected chi connectivity index (χ3v) is 2.24. The van der Waals surface area contributed by atoms with Crippen molar-refractivity contribution in [2.45, 2.75) is 12.8 Å². The van der Waals surface area contributed by atoms with Gasteiger partial charge in [0.05, 0.1) is 29.8 Å². The number of esters is 1. The van der Waals surface area contributed by atoms with Crippen molar-refractivity contribution in [3.8, 4) is 6.07 Å². The Morgan fingerprint density at radius 1 is 1.71 bits per heavy atom. The number of rotatable bonds is 3. The van der Waals surface area contributed by atoms with Crippen LogP contribution in [0.2, 0.25) is 5.02 Å². The molecule has 0 unspecified atom stereocenters. The number of halogens is 3. The molecule has 0 radical (unpaired) electrons. The quantitative estimate of drug-likeness (QED) is 0.782. The van der Waals surface area contributed by atoms with Crippen molar-refractivity contribution < 1.29 is 18.3 Å². The number of pyridine rings is 1. The van der Waals surface area contributed by atoms with Gasteiger partial charge >= 0.3 is 5.97 Å². The topological polar surface area (TPSA) is 63.0 Å². The zero-order chi connectivity index (χ0) is 13.0. The van der Waals surface area contributed by atoms with Gasteiger partial charge in [-0.25, -0.2) is 13.8 Å². The molecule has 0 aliphatic rings. The molecule has 1 rings (SSSR count). The molecule has 0 atom stereocenters. The number of methoxy groups -OCH3 is 1. The fraction of sp³-hybridized carbons (Fsp3) is 0.300. The highest BCUT2D eigenvalue weighted by atomic mass is 35.5. The fourth-order valence-electron chi connectivity index (χ4n) is 1.15. The minimum absolute atomic E-state index is 0.0959. The van der Waals surface area contributed by atoms with E-state index in [1.807, 2.05) is 0 Å². The van der Waals surface area contributed by atoms with Crippen LogP contribution in [0, 0.1) is 11.3 Å². The van der Waals surface area contributed by atoms with Crippen molar-refractivity contribution in [1.82, 2.24) is 4.98 Å². The molecule has 17 heavy (non-hydrogen) atoms. The Morgan fingerprint density at radius 2 is 2.35 bits per heavy atom. The first kappa shape index (κ1) is 13.3. The van der Waals surface area contributed by atoms with E-state index in [9.17, 15) is 13.6 Å². The number of hydrogen-bond acceptors (Lipinski definition) is 4. The molecular formula is C10H7ClF2N2O2. The smallest absolute Gasteiger partial charge is 0.311 e. The highest BCUT2D eigenvalue weighted by Gasteiger charge is 2.18. The largest absolute Gasteiger partial charge is 0.469 e. The molecule has 0 aliphatic heterocycles. The van der Waals surface area contributed by atoms with E-state index in [1.165, 1.54) is 0 Å². The summed E-state index contributed by atoms with van der Waals surface area (Å²) in [5.74, 6) is -0.684. The molecule has 1 heterocycles. The number of hydrogen-bond donors (Lipinski definition) is 0. The number of carbonyl (C=O) groups is 1. The van der Waals surface area contributed by atoms with Gasteiger partial charge in [0.25, 0.3) is 6.43 Å². The van der Waals surface area contributed by atoms with Crippen LogP contribution in [-0.4, -0.2) is 18.1 Å². The van der Waals surface area contributed by atoms with E-state index in [1.54, 1.807) is 6.07 Å². The molecule has 7 heteroatoms. The summed E-state index contributed by atoms with van der Waals surface area (Å²) in [7, 11) is 1.15. The first-order chi connectivity index (χ1) is 7.99. The van der Waals surface area contributed by atoms with Gasteiger partial charge in [-0.05, 0) is 6.07 Å². The Kier molecular flexibility index (Phi) is 4.35. The van der Waals surface area contributed by atoms with E-state index in [0.717, 1.165) is 13.2 Å². The summed E-state index contributed by atoms with van der Waals surface area (Å²) < 4.78 is 29.3. The lowest BCUT2D eigenvalue weighted by molar-refractivity contribution is -0.139. The van der Waals surface area contributed by atoms with Crippen LogP contribution in [0.15, 0.2) is 6.07 Å². The van der Waals surface area contributed by atoms with Crippen molar-refractivity contribution in [2.24, 2.45) is 0 Å². The molecule has 0 saturated carbocycles. The van der Waals surface area contributed by atoms with E-state index in [-0.39, 0.29) is 22.7 Å². The molecule has 0 aromatic carbocycles. The maximum atomic E-state index is 12.5. The summed E-state index contributed by atoms with van der Waals surface area (Å²) in [5.41, 5.74) is -0.781. The highest BCUT2D eigenvalue weighted by Crippen LogP contribution is 2.25. The van der Waals surface area contributed by atoms with Crippen LogP contribution in [0.5, 0.6) is 0 Å². The van der Waals surface area contributed by atoms with E-state index in [4.69, 9.17) is 16.9 Å². The normalized spacial score (nSPS) is 10.1. The third kappa shape index (κ3) is 3.11. The maximum Gasteiger partial charge on any atom is 0.311 e. The number of nitrogens with zero attached hydrogens (tertiary/aromatic N) is 2. The van der Waals surface area contributed by atoms with Crippen LogP contribution in [-0.2, 0) is 16.0 Å². The number of ether oxygens (including phenoxy) is 1. The fourth-order valence-corrected chi connectivity index (χ4v) is 1.41. The number of carbonyl (C=O) groups excluding carboxylic acids is 1. The Balaban J connectivity index is 3.25. The van der Waals surface area contributed by atoms with Crippen molar-refractivity contribution in [3.05, 3.63) is 28.0 Å². The maximum absolute atomic E-state index is 12.5. The molecule has 0 N–H and O–H groups in total. The monoisotopic (exact) mass is 260 g/mol. The standard InChI is InChI=1S/C10H7ClF2N2O2/c1-17-9(16)3-7-5(4-14)6(11)2-8(15-7)10(12)13/h2,10H,3H2,1H3. The Bertz CT molecular complexity index is 486. The van der Waals surface area contributed by atoms with E-state index < -0.39 is 18.1 Å². The number of aromatic nitrogens is 1. The number of nitriles is 1. The van der Waals surface area contributed by atoms with Gasteiger partial charge in [-0.1, -0.05) is 11.6 Å². The molecule has 4 nitrogen and oxygen atoms in total. The van der Waals surface area contributed by atoms with Crippen LogP contribution in [0.3, 0.4) is 0 Å². The first-order valence-electron chi connectivity index (χ1n) is 4.44. The van der Waals surface area contributed by atoms with Gasteiger partial charge in [-0.2, -0.15) is 5.26 Å². The predicted molar refractivity (Wildman–Crippen MR) is 54.6 cm³/mol. The zero-order valence-electron chi connectivity index (χ0n) is 8.71. The second-order valence-electron chi connectivity index (χ2n) is 3.02. The molecule has 0 amide bonds. The average Bonchev–Trinajstić information content (AvgIpc) is 2.28. The summed E-state index contributed by atoms with van der Waals surface area (Å²) in [6, 6.07) is 2.62. The van der Waals surface area contributed by atoms with Crippen molar-refractivity contribution in [3.63, 3.8) is 0 Å². The van der Waals surface area contributed by atoms with Crippen LogP contribution < -0.4 is 0 Å². The zero-order valence-corrected chi connectivity index (χ0v) is 9.46. The average molecular weight is 261 g/mol. The van der Waals surface area contributed by atoms with E-state index in [2.05, 4.69) is 9.72 Å². The van der Waals surface area contributed by atoms with E-state index in [0.29, 0.717) is 0 Å². The van der Waals surface area contributed by atoms with Crippen LogP contribution in [0.25, 0.3) is 0 Å². The van der Waals surface area contributed by atoms with Crippen molar-refractivity contribution in [2.75, 3.05) is 7.11 Å². The Labute approximate surface area is 101 Å². The lowest BCUT2D eigenvalue weighted by Gasteiger charge is -2.07. The lowest BCUT2D eigenvalue weighted by atomic mass is 10.1. The van der Waals surface area contributed by atoms with Gasteiger partial charge in [0.15, 0.2) is 0 Å². The summed E-state index contributed by atoms with van der Waals surface area (Å²) in [6.45, 7) is 0. The predicted octanol–water partition coefficient (Wildman–Crippen LogP) is 2.26. The minimum atomic E-state index is -2.82. The summed E-state index contributed by atoms with van der Waals surface area (Å²) in [6.07, 6.45) is -3.20. The Hall–Kier alpha value is -1.74. The summed E-state index contributed by atoms with van der Waals surface area (Å²) in [5, 5.41) is 8.64. The van der Waals surface area contributed by atoms with Gasteiger partial charge in [0.2, 0.25) is 0 Å². The molecule has 90 valence electrons. The van der Waals surface area contributed by atoms with Crippen molar-refractivity contribution in [1.29, 1.82) is 5.26 Å². The highest BCUT2D eigenvalue weighted by molar-refractivity contribution is 6.31. The number of alkyl halides is 2. The van der Waals surface area contributed by atoms with Crippen LogP contribution in [0.4, 0.5) is 8.78 Å². The first-order valence-corrected chi connectivity index (χ1v) is 4.81. The van der Waals surface area contributed by atoms with Crippen LogP contribution in [0.1, 0.15) is 23.4 Å². The summed E-state index contributed by atoms with van der Waals surface area (Å²) in [4.78, 5) is 14.6.